The number of amides is 1. The Labute approximate surface area is 188 Å². The molecule has 0 bridgehead atoms. The third-order valence-electron chi connectivity index (χ3n) is 5.63. The van der Waals surface area contributed by atoms with Crippen molar-refractivity contribution in [3.63, 3.8) is 0 Å². The summed E-state index contributed by atoms with van der Waals surface area (Å²) in [5, 5.41) is 3.27. The number of nitrogens with zero attached hydrogens (tertiary/aromatic N) is 1. The molecule has 1 aliphatic heterocycles. The van der Waals surface area contributed by atoms with Gasteiger partial charge in [0, 0.05) is 31.5 Å². The Hall–Kier alpha value is -1.60. The Morgan fingerprint density at radius 3 is 2.23 bits per heavy atom. The minimum Gasteiger partial charge on any atom is -0.355 e. The van der Waals surface area contributed by atoms with Gasteiger partial charge in [0.15, 0.2) is 0 Å². The summed E-state index contributed by atoms with van der Waals surface area (Å²) in [5.41, 5.74) is 1.21. The fraction of sp³-hybridized carbons (Fsp3) is 0.409. The molecule has 0 aliphatic carbocycles. The molecule has 1 amide bonds. The fourth-order valence-corrected chi connectivity index (χ4v) is 6.37. The lowest BCUT2D eigenvalue weighted by molar-refractivity contribution is -0.126. The van der Waals surface area contributed by atoms with Crippen molar-refractivity contribution in [2.45, 2.75) is 37.0 Å². The van der Waals surface area contributed by atoms with Gasteiger partial charge < -0.3 is 5.32 Å². The summed E-state index contributed by atoms with van der Waals surface area (Å²) in [6.45, 7) is 3.20. The zero-order valence-electron chi connectivity index (χ0n) is 16.9. The molecule has 1 heterocycles. The molecule has 1 aliphatic rings. The van der Waals surface area contributed by atoms with E-state index in [-0.39, 0.29) is 45.8 Å². The van der Waals surface area contributed by atoms with Gasteiger partial charge in [-0.25, -0.2) is 8.42 Å². The number of carbonyl (C=O) groups is 1. The molecule has 5 nitrogen and oxygen atoms in total. The molecule has 8 heteroatoms. The average Bonchev–Trinajstić information content (AvgIpc) is 2.74. The molecule has 1 saturated heterocycles. The summed E-state index contributed by atoms with van der Waals surface area (Å²) in [5.74, 6) is 0.0432. The summed E-state index contributed by atoms with van der Waals surface area (Å²) >= 11 is 12.2. The molecule has 3 rings (SSSR count). The van der Waals surface area contributed by atoms with Crippen LogP contribution in [0.5, 0.6) is 0 Å². The molecule has 2 aromatic rings. The van der Waals surface area contributed by atoms with Gasteiger partial charge in [-0.05, 0) is 37.0 Å². The molecule has 0 unspecified atom stereocenters. The molecular formula is C22H26Cl2N2O3S. The van der Waals surface area contributed by atoms with Crippen molar-refractivity contribution in [3.8, 4) is 0 Å². The topological polar surface area (TPSA) is 66.5 Å². The van der Waals surface area contributed by atoms with Crippen LogP contribution in [0.4, 0.5) is 0 Å². The third kappa shape index (κ3) is 5.17. The van der Waals surface area contributed by atoms with E-state index in [0.29, 0.717) is 19.4 Å². The Morgan fingerprint density at radius 2 is 1.67 bits per heavy atom. The van der Waals surface area contributed by atoms with Crippen LogP contribution in [-0.4, -0.2) is 38.3 Å². The molecule has 0 saturated carbocycles. The van der Waals surface area contributed by atoms with Crippen molar-refractivity contribution in [2.75, 3.05) is 19.6 Å². The number of carbonyl (C=O) groups excluding carboxylic acids is 1. The second-order valence-corrected chi connectivity index (χ2v) is 10.2. The average molecular weight is 469 g/mol. The Balaban J connectivity index is 1.58. The Kier molecular flexibility index (Phi) is 7.80. The van der Waals surface area contributed by atoms with Gasteiger partial charge in [-0.2, -0.15) is 4.31 Å². The van der Waals surface area contributed by atoms with Crippen molar-refractivity contribution in [3.05, 3.63) is 64.1 Å². The number of rotatable bonds is 7. The highest BCUT2D eigenvalue weighted by molar-refractivity contribution is 7.89. The van der Waals surface area contributed by atoms with E-state index in [9.17, 15) is 13.2 Å². The SMILES string of the molecule is CC[C@@H](CNC(=O)C1CCN(S(=O)(=O)c2c(Cl)cccc2Cl)CC1)c1ccccc1. The normalized spacial score (nSPS) is 16.9. The van der Waals surface area contributed by atoms with Crippen molar-refractivity contribution < 1.29 is 13.2 Å². The monoisotopic (exact) mass is 468 g/mol. The Bertz CT molecular complexity index is 955. The largest absolute Gasteiger partial charge is 0.355 e. The summed E-state index contributed by atoms with van der Waals surface area (Å²) in [6, 6.07) is 14.8. The third-order valence-corrected chi connectivity index (χ3v) is 8.48. The second kappa shape index (κ2) is 10.1. The first kappa shape index (κ1) is 23.1. The number of sulfonamides is 1. The van der Waals surface area contributed by atoms with E-state index in [1.54, 1.807) is 6.07 Å². The number of hydrogen-bond donors (Lipinski definition) is 1. The summed E-state index contributed by atoms with van der Waals surface area (Å²) in [4.78, 5) is 12.6. The van der Waals surface area contributed by atoms with Crippen LogP contribution in [0.1, 0.15) is 37.7 Å². The molecule has 0 spiro atoms. The van der Waals surface area contributed by atoms with Crippen molar-refractivity contribution in [2.24, 2.45) is 5.92 Å². The zero-order valence-corrected chi connectivity index (χ0v) is 19.2. The van der Waals surface area contributed by atoms with Crippen LogP contribution >= 0.6 is 23.2 Å². The summed E-state index contributed by atoms with van der Waals surface area (Å²) < 4.78 is 27.3. The van der Waals surface area contributed by atoms with Crippen LogP contribution in [0, 0.1) is 5.92 Å². The van der Waals surface area contributed by atoms with E-state index in [4.69, 9.17) is 23.2 Å². The van der Waals surface area contributed by atoms with E-state index in [2.05, 4.69) is 24.4 Å². The van der Waals surface area contributed by atoms with E-state index in [1.807, 2.05) is 18.2 Å². The molecule has 0 radical (unpaired) electrons. The standard InChI is InChI=1S/C22H26Cl2N2O3S/c1-2-16(17-7-4-3-5-8-17)15-25-22(27)18-11-13-26(14-12-18)30(28,29)21-19(23)9-6-10-20(21)24/h3-10,16,18H,2,11-15H2,1H3,(H,25,27)/t16-/m0/s1. The van der Waals surface area contributed by atoms with Crippen LogP contribution in [0.3, 0.4) is 0 Å². The van der Waals surface area contributed by atoms with Crippen LogP contribution in [0.15, 0.2) is 53.4 Å². The minimum absolute atomic E-state index is 0.0165. The van der Waals surface area contributed by atoms with Gasteiger partial charge in [-0.1, -0.05) is 66.5 Å². The second-order valence-electron chi connectivity index (χ2n) is 7.49. The number of piperidine rings is 1. The first-order chi connectivity index (χ1) is 14.3. The highest BCUT2D eigenvalue weighted by atomic mass is 35.5. The van der Waals surface area contributed by atoms with Crippen LogP contribution in [0.25, 0.3) is 0 Å². The highest BCUT2D eigenvalue weighted by Gasteiger charge is 2.34. The van der Waals surface area contributed by atoms with Gasteiger partial charge >= 0.3 is 0 Å². The van der Waals surface area contributed by atoms with Gasteiger partial charge in [-0.15, -0.1) is 0 Å². The predicted octanol–water partition coefficient (Wildman–Crippen LogP) is 4.70. The number of halogens is 2. The molecule has 30 heavy (non-hydrogen) atoms. The van der Waals surface area contributed by atoms with Crippen molar-refractivity contribution >= 4 is 39.1 Å². The molecule has 2 aromatic carbocycles. The summed E-state index contributed by atoms with van der Waals surface area (Å²) in [6.07, 6.45) is 1.87. The lowest BCUT2D eigenvalue weighted by Crippen LogP contribution is -2.43. The number of nitrogens with one attached hydrogen (secondary N) is 1. The fourth-order valence-electron chi connectivity index (χ4n) is 3.81. The zero-order chi connectivity index (χ0) is 21.7. The van der Waals surface area contributed by atoms with E-state index < -0.39 is 10.0 Å². The summed E-state index contributed by atoms with van der Waals surface area (Å²) in [7, 11) is -3.80. The molecule has 1 atom stereocenters. The maximum Gasteiger partial charge on any atom is 0.246 e. The lowest BCUT2D eigenvalue weighted by Gasteiger charge is -2.31. The Morgan fingerprint density at radius 1 is 1.07 bits per heavy atom. The maximum atomic E-state index is 13.0. The highest BCUT2D eigenvalue weighted by Crippen LogP contribution is 2.33. The molecule has 1 N–H and O–H groups in total. The predicted molar refractivity (Wildman–Crippen MR) is 120 cm³/mol. The molecule has 1 fully saturated rings. The van der Waals surface area contributed by atoms with Gasteiger partial charge in [0.05, 0.1) is 10.0 Å². The van der Waals surface area contributed by atoms with Gasteiger partial charge in [0.2, 0.25) is 15.9 Å². The van der Waals surface area contributed by atoms with E-state index in [1.165, 1.54) is 22.0 Å². The first-order valence-corrected chi connectivity index (χ1v) is 12.3. The van der Waals surface area contributed by atoms with E-state index in [0.717, 1.165) is 6.42 Å². The van der Waals surface area contributed by atoms with E-state index >= 15 is 0 Å². The van der Waals surface area contributed by atoms with Crippen molar-refractivity contribution in [1.29, 1.82) is 0 Å². The molecule has 0 aromatic heterocycles. The van der Waals surface area contributed by atoms with Crippen LogP contribution < -0.4 is 5.32 Å². The molecular weight excluding hydrogens is 443 g/mol. The quantitative estimate of drug-likeness (QED) is 0.639. The first-order valence-electron chi connectivity index (χ1n) is 10.1. The van der Waals surface area contributed by atoms with Gasteiger partial charge in [0.1, 0.15) is 4.90 Å². The van der Waals surface area contributed by atoms with Crippen LogP contribution in [0.2, 0.25) is 10.0 Å². The smallest absolute Gasteiger partial charge is 0.246 e. The number of hydrogen-bond acceptors (Lipinski definition) is 3. The van der Waals surface area contributed by atoms with Gasteiger partial charge in [-0.3, -0.25) is 4.79 Å². The van der Waals surface area contributed by atoms with Crippen LogP contribution in [-0.2, 0) is 14.8 Å². The minimum atomic E-state index is -3.80. The molecule has 162 valence electrons. The maximum absolute atomic E-state index is 13.0. The lowest BCUT2D eigenvalue weighted by atomic mass is 9.94. The van der Waals surface area contributed by atoms with Gasteiger partial charge in [0.25, 0.3) is 0 Å². The number of benzene rings is 2. The van der Waals surface area contributed by atoms with Crippen molar-refractivity contribution in [1.82, 2.24) is 9.62 Å².